The number of ether oxygens (including phenoxy) is 1. The smallest absolute Gasteiger partial charge is 0.0964 e. The molecule has 0 unspecified atom stereocenters. The third kappa shape index (κ3) is 4.30. The third-order valence-electron chi connectivity index (χ3n) is 2.92. The highest BCUT2D eigenvalue weighted by atomic mass is 35.5. The molecule has 0 bridgehead atoms. The van der Waals surface area contributed by atoms with Gasteiger partial charge in [-0.05, 0) is 24.1 Å². The number of halogens is 1. The van der Waals surface area contributed by atoms with Crippen LogP contribution in [0.1, 0.15) is 16.8 Å². The van der Waals surface area contributed by atoms with E-state index in [9.17, 15) is 0 Å². The number of benzene rings is 1. The van der Waals surface area contributed by atoms with E-state index >= 15 is 0 Å². The first-order chi connectivity index (χ1) is 9.69. The molecule has 0 aliphatic heterocycles. The van der Waals surface area contributed by atoms with Gasteiger partial charge in [0.05, 0.1) is 25.0 Å². The summed E-state index contributed by atoms with van der Waals surface area (Å²) in [5, 5.41) is 12.2. The maximum atomic E-state index is 6.22. The van der Waals surface area contributed by atoms with Gasteiger partial charge in [0.15, 0.2) is 0 Å². The summed E-state index contributed by atoms with van der Waals surface area (Å²) in [6.07, 6.45) is 1.93. The van der Waals surface area contributed by atoms with Crippen molar-refractivity contribution >= 4 is 11.6 Å². The molecule has 0 amide bonds. The molecule has 0 radical (unpaired) electrons. The Labute approximate surface area is 123 Å². The van der Waals surface area contributed by atoms with Crippen molar-refractivity contribution in [2.45, 2.75) is 20.0 Å². The van der Waals surface area contributed by atoms with Gasteiger partial charge in [0.1, 0.15) is 0 Å². The van der Waals surface area contributed by atoms with Gasteiger partial charge in [0.25, 0.3) is 0 Å². The monoisotopic (exact) mass is 294 g/mol. The second-order valence-corrected chi connectivity index (χ2v) is 5.08. The Morgan fingerprint density at radius 2 is 2.25 bits per heavy atom. The normalized spacial score (nSPS) is 10.9. The summed E-state index contributed by atoms with van der Waals surface area (Å²) < 4.78 is 6.76. The van der Waals surface area contributed by atoms with Gasteiger partial charge >= 0.3 is 0 Å². The highest BCUT2D eigenvalue weighted by Gasteiger charge is 2.04. The summed E-state index contributed by atoms with van der Waals surface area (Å²) in [5.41, 5.74) is 3.10. The summed E-state index contributed by atoms with van der Waals surface area (Å²) in [6, 6.07) is 6.03. The zero-order valence-electron chi connectivity index (χ0n) is 11.8. The van der Waals surface area contributed by atoms with E-state index in [1.165, 1.54) is 0 Å². The molecule has 0 aliphatic rings. The molecule has 0 aliphatic carbocycles. The lowest BCUT2D eigenvalue weighted by molar-refractivity contribution is 0.199. The highest BCUT2D eigenvalue weighted by molar-refractivity contribution is 6.31. The molecular weight excluding hydrogens is 276 g/mol. The average Bonchev–Trinajstić information content (AvgIpc) is 2.86. The predicted molar refractivity (Wildman–Crippen MR) is 78.9 cm³/mol. The zero-order valence-corrected chi connectivity index (χ0v) is 12.5. The average molecular weight is 295 g/mol. The molecule has 0 saturated carbocycles. The number of rotatable bonds is 7. The first-order valence-corrected chi connectivity index (χ1v) is 6.90. The molecule has 1 N–H and O–H groups in total. The number of hydrogen-bond acceptors (Lipinski definition) is 4. The Kier molecular flexibility index (Phi) is 5.52. The van der Waals surface area contributed by atoms with Crippen LogP contribution in [-0.2, 0) is 17.8 Å². The summed E-state index contributed by atoms with van der Waals surface area (Å²) in [7, 11) is 1.68. The fourth-order valence-electron chi connectivity index (χ4n) is 1.84. The number of aromatic nitrogens is 3. The molecule has 0 spiro atoms. The number of nitrogens with one attached hydrogen (secondary N) is 1. The summed E-state index contributed by atoms with van der Waals surface area (Å²) in [5.74, 6) is 0. The molecule has 2 rings (SSSR count). The van der Waals surface area contributed by atoms with E-state index in [2.05, 4.69) is 15.6 Å². The van der Waals surface area contributed by atoms with Crippen LogP contribution in [0.25, 0.3) is 0 Å². The van der Waals surface area contributed by atoms with Gasteiger partial charge in [-0.2, -0.15) is 0 Å². The van der Waals surface area contributed by atoms with Gasteiger partial charge < -0.3 is 10.1 Å². The summed E-state index contributed by atoms with van der Waals surface area (Å²) >= 11 is 6.22. The van der Waals surface area contributed by atoms with E-state index in [0.717, 1.165) is 28.4 Å². The fourth-order valence-corrected chi connectivity index (χ4v) is 2.14. The van der Waals surface area contributed by atoms with E-state index in [1.807, 2.05) is 31.3 Å². The lowest BCUT2D eigenvalue weighted by atomic mass is 10.1. The standard InChI is InChI=1S/C14H19ClN4O/c1-11-3-4-12(14(15)7-11)9-19-10-13(17-18-19)8-16-5-6-20-2/h3-4,7,10,16H,5-6,8-9H2,1-2H3. The van der Waals surface area contributed by atoms with Crippen LogP contribution in [0.2, 0.25) is 5.02 Å². The molecule has 0 fully saturated rings. The van der Waals surface area contributed by atoms with Crippen LogP contribution in [0.5, 0.6) is 0 Å². The Balaban J connectivity index is 1.92. The van der Waals surface area contributed by atoms with Gasteiger partial charge in [-0.15, -0.1) is 5.10 Å². The fraction of sp³-hybridized carbons (Fsp3) is 0.429. The molecule has 0 saturated heterocycles. The van der Waals surface area contributed by atoms with Crippen molar-refractivity contribution in [2.75, 3.05) is 20.3 Å². The molecule has 20 heavy (non-hydrogen) atoms. The minimum absolute atomic E-state index is 0.629. The first kappa shape index (κ1) is 15.0. The summed E-state index contributed by atoms with van der Waals surface area (Å²) in [4.78, 5) is 0. The molecule has 1 aromatic heterocycles. The number of hydrogen-bond donors (Lipinski definition) is 1. The van der Waals surface area contributed by atoms with Gasteiger partial charge in [-0.25, -0.2) is 4.68 Å². The number of aryl methyl sites for hydroxylation is 1. The van der Waals surface area contributed by atoms with Gasteiger partial charge in [0, 0.05) is 25.2 Å². The molecule has 0 atom stereocenters. The minimum Gasteiger partial charge on any atom is -0.383 e. The molecule has 1 heterocycles. The Morgan fingerprint density at radius 1 is 1.40 bits per heavy atom. The van der Waals surface area contributed by atoms with Crippen LogP contribution < -0.4 is 5.32 Å². The third-order valence-corrected chi connectivity index (χ3v) is 3.27. The van der Waals surface area contributed by atoms with Crippen molar-refractivity contribution < 1.29 is 4.74 Å². The first-order valence-electron chi connectivity index (χ1n) is 6.52. The second kappa shape index (κ2) is 7.38. The van der Waals surface area contributed by atoms with Crippen molar-refractivity contribution in [3.8, 4) is 0 Å². The molecule has 2 aromatic rings. The Hall–Kier alpha value is -1.43. The lowest BCUT2D eigenvalue weighted by Crippen LogP contribution is -2.18. The van der Waals surface area contributed by atoms with Crippen LogP contribution in [0, 0.1) is 6.92 Å². The van der Waals surface area contributed by atoms with Crippen molar-refractivity contribution in [3.05, 3.63) is 46.2 Å². The van der Waals surface area contributed by atoms with E-state index in [0.29, 0.717) is 19.7 Å². The van der Waals surface area contributed by atoms with Crippen molar-refractivity contribution in [2.24, 2.45) is 0 Å². The van der Waals surface area contributed by atoms with Crippen molar-refractivity contribution in [3.63, 3.8) is 0 Å². The Morgan fingerprint density at radius 3 is 3.00 bits per heavy atom. The quantitative estimate of drug-likeness (QED) is 0.794. The number of methoxy groups -OCH3 is 1. The van der Waals surface area contributed by atoms with Crippen LogP contribution >= 0.6 is 11.6 Å². The maximum absolute atomic E-state index is 6.22. The maximum Gasteiger partial charge on any atom is 0.0964 e. The van der Waals surface area contributed by atoms with Crippen LogP contribution in [0.15, 0.2) is 24.4 Å². The summed E-state index contributed by atoms with van der Waals surface area (Å²) in [6.45, 7) is 4.82. The molecule has 6 heteroatoms. The van der Waals surface area contributed by atoms with Gasteiger partial charge in [-0.1, -0.05) is 28.9 Å². The second-order valence-electron chi connectivity index (χ2n) is 4.67. The molecule has 5 nitrogen and oxygen atoms in total. The Bertz CT molecular complexity index is 556. The van der Waals surface area contributed by atoms with Crippen LogP contribution in [0.3, 0.4) is 0 Å². The molecule has 1 aromatic carbocycles. The van der Waals surface area contributed by atoms with E-state index in [-0.39, 0.29) is 0 Å². The van der Waals surface area contributed by atoms with Crippen LogP contribution in [0.4, 0.5) is 0 Å². The zero-order chi connectivity index (χ0) is 14.4. The van der Waals surface area contributed by atoms with Gasteiger partial charge in [0.2, 0.25) is 0 Å². The minimum atomic E-state index is 0.629. The SMILES string of the molecule is COCCNCc1cn(Cc2ccc(C)cc2Cl)nn1. The topological polar surface area (TPSA) is 52.0 Å². The number of nitrogens with zero attached hydrogens (tertiary/aromatic N) is 3. The van der Waals surface area contributed by atoms with E-state index in [4.69, 9.17) is 16.3 Å². The predicted octanol–water partition coefficient (Wildman–Crippen LogP) is 2.02. The van der Waals surface area contributed by atoms with Crippen LogP contribution in [-0.4, -0.2) is 35.3 Å². The largest absolute Gasteiger partial charge is 0.383 e. The van der Waals surface area contributed by atoms with Crippen molar-refractivity contribution in [1.82, 2.24) is 20.3 Å². The molecular formula is C14H19ClN4O. The highest BCUT2D eigenvalue weighted by Crippen LogP contribution is 2.18. The van der Waals surface area contributed by atoms with Gasteiger partial charge in [-0.3, -0.25) is 0 Å². The lowest BCUT2D eigenvalue weighted by Gasteiger charge is -2.04. The van der Waals surface area contributed by atoms with E-state index in [1.54, 1.807) is 11.8 Å². The molecule has 108 valence electrons. The van der Waals surface area contributed by atoms with Crippen molar-refractivity contribution in [1.29, 1.82) is 0 Å². The van der Waals surface area contributed by atoms with E-state index < -0.39 is 0 Å².